The molecule has 2 heterocycles. The van der Waals surface area contributed by atoms with Crippen LogP contribution in [0.5, 0.6) is 0 Å². The van der Waals surface area contributed by atoms with Crippen LogP contribution in [0.15, 0.2) is 65.2 Å². The highest BCUT2D eigenvalue weighted by Crippen LogP contribution is 2.28. The summed E-state index contributed by atoms with van der Waals surface area (Å²) in [5, 5.41) is 3.28. The zero-order valence-electron chi connectivity index (χ0n) is 16.4. The van der Waals surface area contributed by atoms with E-state index < -0.39 is 17.9 Å². The summed E-state index contributed by atoms with van der Waals surface area (Å²) in [6.07, 6.45) is 0.655. The van der Waals surface area contributed by atoms with Crippen LogP contribution in [-0.2, 0) is 9.53 Å². The molecule has 0 aliphatic carbocycles. The molecule has 2 aromatic carbocycles. The number of cyclic esters (lactones) is 1. The summed E-state index contributed by atoms with van der Waals surface area (Å²) in [5.74, 6) is -1.55. The van der Waals surface area contributed by atoms with Crippen LogP contribution < -0.4 is 10.9 Å². The Morgan fingerprint density at radius 1 is 1.03 bits per heavy atom. The number of aromatic amines is 1. The van der Waals surface area contributed by atoms with E-state index in [0.29, 0.717) is 22.2 Å². The summed E-state index contributed by atoms with van der Waals surface area (Å²) in [5.41, 5.74) is 1.33. The molecule has 0 bridgehead atoms. The highest BCUT2D eigenvalue weighted by molar-refractivity contribution is 6.07. The van der Waals surface area contributed by atoms with Gasteiger partial charge in [-0.3, -0.25) is 14.9 Å². The van der Waals surface area contributed by atoms with Crippen molar-refractivity contribution in [2.24, 2.45) is 5.92 Å². The number of imide groups is 1. The molecule has 1 saturated heterocycles. The lowest BCUT2D eigenvalue weighted by atomic mass is 9.88. The van der Waals surface area contributed by atoms with Gasteiger partial charge in [-0.1, -0.05) is 44.2 Å². The fourth-order valence-electron chi connectivity index (χ4n) is 3.56. The van der Waals surface area contributed by atoms with E-state index in [4.69, 9.17) is 4.74 Å². The first kappa shape index (κ1) is 19.6. The standard InChI is InChI=1S/C23H19FN2O4/c1-12(2)16(11-20-22(28)26-23(29)30-20)15-8-9-19(25-21(15)27)14-7-6-13-4-3-5-18(24)17(13)10-14/h3-12,16H,1-2H3,(H,25,27)(H,26,28,29)/b20-11-. The first-order valence-electron chi connectivity index (χ1n) is 9.50. The molecule has 1 aromatic heterocycles. The highest BCUT2D eigenvalue weighted by Gasteiger charge is 2.29. The van der Waals surface area contributed by atoms with Crippen LogP contribution in [0.3, 0.4) is 0 Å². The second-order valence-corrected chi connectivity index (χ2v) is 7.48. The van der Waals surface area contributed by atoms with Crippen molar-refractivity contribution in [3.8, 4) is 11.3 Å². The second-order valence-electron chi connectivity index (χ2n) is 7.48. The third-order valence-electron chi connectivity index (χ3n) is 5.13. The van der Waals surface area contributed by atoms with Crippen LogP contribution in [0.1, 0.15) is 25.3 Å². The molecule has 1 atom stereocenters. The Hall–Kier alpha value is -3.74. The van der Waals surface area contributed by atoms with Gasteiger partial charge in [0.25, 0.3) is 11.5 Å². The molecule has 1 aliphatic heterocycles. The zero-order chi connectivity index (χ0) is 21.4. The number of H-pyrrole nitrogens is 1. The van der Waals surface area contributed by atoms with Crippen LogP contribution in [0, 0.1) is 11.7 Å². The van der Waals surface area contributed by atoms with Crippen LogP contribution in [0.25, 0.3) is 22.0 Å². The molecule has 30 heavy (non-hydrogen) atoms. The number of carbonyl (C=O) groups is 2. The first-order chi connectivity index (χ1) is 14.3. The number of halogens is 1. The molecule has 0 saturated carbocycles. The minimum absolute atomic E-state index is 0.0358. The second kappa shape index (κ2) is 7.59. The largest absolute Gasteiger partial charge is 0.419 e. The number of fused-ring (bicyclic) bond motifs is 1. The van der Waals surface area contributed by atoms with E-state index in [2.05, 4.69) is 4.98 Å². The molecule has 6 nitrogen and oxygen atoms in total. The van der Waals surface area contributed by atoms with Crippen LogP contribution in [0.2, 0.25) is 0 Å². The van der Waals surface area contributed by atoms with Gasteiger partial charge in [-0.05, 0) is 41.1 Å². The summed E-state index contributed by atoms with van der Waals surface area (Å²) in [7, 11) is 0. The van der Waals surface area contributed by atoms with E-state index >= 15 is 0 Å². The summed E-state index contributed by atoms with van der Waals surface area (Å²) in [6, 6.07) is 13.6. The van der Waals surface area contributed by atoms with Crippen molar-refractivity contribution >= 4 is 22.8 Å². The van der Waals surface area contributed by atoms with Crippen molar-refractivity contribution in [2.45, 2.75) is 19.8 Å². The van der Waals surface area contributed by atoms with Crippen molar-refractivity contribution in [2.75, 3.05) is 0 Å². The molecule has 3 aromatic rings. The number of nitrogens with one attached hydrogen (secondary N) is 2. The predicted molar refractivity (Wildman–Crippen MR) is 110 cm³/mol. The minimum atomic E-state index is -0.832. The number of hydrogen-bond donors (Lipinski definition) is 2. The summed E-state index contributed by atoms with van der Waals surface area (Å²) >= 11 is 0. The van der Waals surface area contributed by atoms with Gasteiger partial charge in [0.15, 0.2) is 5.76 Å². The van der Waals surface area contributed by atoms with E-state index in [9.17, 15) is 18.8 Å². The fourth-order valence-corrected chi connectivity index (χ4v) is 3.56. The Kier molecular flexibility index (Phi) is 4.95. The molecule has 1 aliphatic rings. The summed E-state index contributed by atoms with van der Waals surface area (Å²) in [4.78, 5) is 38.7. The van der Waals surface area contributed by atoms with Crippen molar-refractivity contribution in [3.05, 3.63) is 82.1 Å². The molecular weight excluding hydrogens is 387 g/mol. The lowest BCUT2D eigenvalue weighted by Gasteiger charge is -2.17. The monoisotopic (exact) mass is 406 g/mol. The quantitative estimate of drug-likeness (QED) is 0.635. The average molecular weight is 406 g/mol. The van der Waals surface area contributed by atoms with Gasteiger partial charge in [0.05, 0.1) is 0 Å². The number of pyridine rings is 1. The Bertz CT molecular complexity index is 1260. The number of aromatic nitrogens is 1. The van der Waals surface area contributed by atoms with Gasteiger partial charge in [0.1, 0.15) is 5.82 Å². The number of hydrogen-bond acceptors (Lipinski definition) is 4. The third kappa shape index (κ3) is 3.61. The molecule has 2 amide bonds. The maximum absolute atomic E-state index is 14.1. The first-order valence-corrected chi connectivity index (χ1v) is 9.50. The number of allylic oxidation sites excluding steroid dienone is 1. The maximum Gasteiger partial charge on any atom is 0.419 e. The third-order valence-corrected chi connectivity index (χ3v) is 5.13. The van der Waals surface area contributed by atoms with Gasteiger partial charge < -0.3 is 9.72 Å². The predicted octanol–water partition coefficient (Wildman–Crippen LogP) is 4.22. The van der Waals surface area contributed by atoms with Crippen molar-refractivity contribution in [1.82, 2.24) is 10.3 Å². The van der Waals surface area contributed by atoms with Crippen molar-refractivity contribution < 1.29 is 18.7 Å². The molecular formula is C23H19FN2O4. The van der Waals surface area contributed by atoms with Gasteiger partial charge in [-0.15, -0.1) is 0 Å². The van der Waals surface area contributed by atoms with E-state index in [1.54, 1.807) is 30.3 Å². The fraction of sp³-hybridized carbons (Fsp3) is 0.174. The summed E-state index contributed by atoms with van der Waals surface area (Å²) < 4.78 is 19.0. The zero-order valence-corrected chi connectivity index (χ0v) is 16.4. The topological polar surface area (TPSA) is 88.3 Å². The van der Waals surface area contributed by atoms with E-state index in [0.717, 1.165) is 5.39 Å². The molecule has 4 rings (SSSR count). The van der Waals surface area contributed by atoms with E-state index in [-0.39, 0.29) is 23.1 Å². The van der Waals surface area contributed by atoms with Gasteiger partial charge in [0, 0.05) is 22.6 Å². The van der Waals surface area contributed by atoms with Crippen molar-refractivity contribution in [1.29, 1.82) is 0 Å². The van der Waals surface area contributed by atoms with E-state index in [1.807, 2.05) is 31.3 Å². The SMILES string of the molecule is CC(C)C(/C=C1\OC(=O)NC1=O)c1ccc(-c2ccc3cccc(F)c3c2)[nH]c1=O. The molecule has 7 heteroatoms. The van der Waals surface area contributed by atoms with Crippen LogP contribution in [0.4, 0.5) is 9.18 Å². The van der Waals surface area contributed by atoms with Crippen molar-refractivity contribution in [3.63, 3.8) is 0 Å². The molecule has 1 fully saturated rings. The normalized spacial score (nSPS) is 16.2. The number of alkyl carbamates (subject to hydrolysis) is 1. The van der Waals surface area contributed by atoms with Crippen LogP contribution >= 0.6 is 0 Å². The smallest absolute Gasteiger partial charge is 0.404 e. The molecule has 0 spiro atoms. The highest BCUT2D eigenvalue weighted by atomic mass is 19.1. The lowest BCUT2D eigenvalue weighted by Crippen LogP contribution is -2.21. The van der Waals surface area contributed by atoms with Gasteiger partial charge in [0.2, 0.25) is 0 Å². The Morgan fingerprint density at radius 3 is 2.50 bits per heavy atom. The minimum Gasteiger partial charge on any atom is -0.404 e. The lowest BCUT2D eigenvalue weighted by molar-refractivity contribution is -0.116. The van der Waals surface area contributed by atoms with Gasteiger partial charge >= 0.3 is 6.09 Å². The number of ether oxygens (including phenoxy) is 1. The van der Waals surface area contributed by atoms with Gasteiger partial charge in [-0.2, -0.15) is 0 Å². The number of carbonyl (C=O) groups excluding carboxylic acids is 2. The average Bonchev–Trinajstić information content (AvgIpc) is 3.03. The Labute approximate surface area is 171 Å². The van der Waals surface area contributed by atoms with E-state index in [1.165, 1.54) is 12.1 Å². The summed E-state index contributed by atoms with van der Waals surface area (Å²) in [6.45, 7) is 3.80. The number of amides is 2. The molecule has 1 unspecified atom stereocenters. The van der Waals surface area contributed by atoms with Crippen LogP contribution in [-0.4, -0.2) is 17.0 Å². The molecule has 2 N–H and O–H groups in total. The molecule has 0 radical (unpaired) electrons. The number of benzene rings is 2. The molecule has 152 valence electrons. The Balaban J connectivity index is 1.73. The number of rotatable bonds is 4. The maximum atomic E-state index is 14.1. The Morgan fingerprint density at radius 2 is 1.83 bits per heavy atom. The van der Waals surface area contributed by atoms with Gasteiger partial charge in [-0.25, -0.2) is 9.18 Å².